The molecule has 0 atom stereocenters. The summed E-state index contributed by atoms with van der Waals surface area (Å²) in [4.78, 5) is 0. The Morgan fingerprint density at radius 3 is 1.64 bits per heavy atom. The Morgan fingerprint density at radius 1 is 0.880 bits per heavy atom. The Kier molecular flexibility index (Phi) is 17.7. The number of nitrogen functional groups attached to an aromatic ring is 1. The first-order chi connectivity index (χ1) is 11.7. The monoisotopic (exact) mass is 352 g/mol. The van der Waals surface area contributed by atoms with Crippen LogP contribution in [-0.4, -0.2) is 31.6 Å². The molecule has 0 aliphatic heterocycles. The van der Waals surface area contributed by atoms with Gasteiger partial charge < -0.3 is 25.7 Å². The van der Waals surface area contributed by atoms with Crippen LogP contribution in [0.3, 0.4) is 0 Å². The van der Waals surface area contributed by atoms with Crippen LogP contribution in [0.15, 0.2) is 24.3 Å². The molecule has 0 aliphatic carbocycles. The Bertz CT molecular complexity index is 437. The number of ether oxygens (including phenoxy) is 3. The number of terminal acetylenes is 1. The molecule has 0 heterocycles. The molecule has 4 N–H and O–H groups in total. The van der Waals surface area contributed by atoms with Gasteiger partial charge in [0.1, 0.15) is 6.61 Å². The van der Waals surface area contributed by atoms with Crippen LogP contribution < -0.4 is 11.5 Å². The second kappa shape index (κ2) is 17.2. The summed E-state index contributed by atoms with van der Waals surface area (Å²) in [5, 5.41) is 0. The molecule has 1 aromatic rings. The predicted molar refractivity (Wildman–Crippen MR) is 106 cm³/mol. The fourth-order valence-corrected chi connectivity index (χ4v) is 1.28. The van der Waals surface area contributed by atoms with E-state index in [0.717, 1.165) is 11.3 Å². The van der Waals surface area contributed by atoms with E-state index in [1.807, 2.05) is 65.8 Å². The van der Waals surface area contributed by atoms with E-state index < -0.39 is 0 Å². The van der Waals surface area contributed by atoms with Crippen molar-refractivity contribution in [2.45, 2.75) is 66.5 Å². The van der Waals surface area contributed by atoms with Crippen LogP contribution in [0.1, 0.15) is 47.1 Å². The molecule has 25 heavy (non-hydrogen) atoms. The second-order valence-electron chi connectivity index (χ2n) is 6.05. The molecule has 0 saturated carbocycles. The van der Waals surface area contributed by atoms with Crippen molar-refractivity contribution in [1.29, 1.82) is 0 Å². The highest BCUT2D eigenvalue weighted by molar-refractivity contribution is 5.39. The van der Waals surface area contributed by atoms with Gasteiger partial charge in [0.15, 0.2) is 0 Å². The normalized spacial score (nSPS) is 9.96. The number of nitrogens with two attached hydrogens (primary N) is 2. The lowest BCUT2D eigenvalue weighted by Crippen LogP contribution is -2.10. The number of anilines is 1. The quantitative estimate of drug-likeness (QED) is 0.445. The zero-order valence-corrected chi connectivity index (χ0v) is 16.6. The first kappa shape index (κ1) is 25.7. The van der Waals surface area contributed by atoms with E-state index >= 15 is 0 Å². The summed E-state index contributed by atoms with van der Waals surface area (Å²) < 4.78 is 15.2. The zero-order valence-electron chi connectivity index (χ0n) is 16.6. The second-order valence-corrected chi connectivity index (χ2v) is 6.05. The van der Waals surface area contributed by atoms with Crippen molar-refractivity contribution in [3.8, 4) is 12.3 Å². The fourth-order valence-electron chi connectivity index (χ4n) is 1.28. The van der Waals surface area contributed by atoms with Crippen LogP contribution in [0.4, 0.5) is 5.69 Å². The summed E-state index contributed by atoms with van der Waals surface area (Å²) >= 11 is 0. The van der Waals surface area contributed by atoms with Gasteiger partial charge in [-0.05, 0) is 59.2 Å². The van der Waals surface area contributed by atoms with Gasteiger partial charge in [0.05, 0.1) is 31.6 Å². The van der Waals surface area contributed by atoms with E-state index in [1.165, 1.54) is 0 Å². The van der Waals surface area contributed by atoms with Crippen LogP contribution in [0.5, 0.6) is 0 Å². The largest absolute Gasteiger partial charge is 0.399 e. The Labute approximate surface area is 154 Å². The maximum atomic E-state index is 5.54. The smallest absolute Gasteiger partial charge is 0.107 e. The van der Waals surface area contributed by atoms with Gasteiger partial charge in [-0.2, -0.15) is 0 Å². The molecule has 0 radical (unpaired) electrons. The third kappa shape index (κ3) is 22.4. The average molecular weight is 353 g/mol. The van der Waals surface area contributed by atoms with Crippen molar-refractivity contribution in [1.82, 2.24) is 0 Å². The fraction of sp³-hybridized carbons (Fsp3) is 0.600. The van der Waals surface area contributed by atoms with Crippen LogP contribution >= 0.6 is 0 Å². The minimum atomic E-state index is 0.260. The van der Waals surface area contributed by atoms with Crippen LogP contribution in [0, 0.1) is 12.3 Å². The Balaban J connectivity index is 0. The molecule has 1 rings (SSSR count). The van der Waals surface area contributed by atoms with Crippen LogP contribution in [0.2, 0.25) is 0 Å². The minimum absolute atomic E-state index is 0.260. The van der Waals surface area contributed by atoms with Gasteiger partial charge in [0, 0.05) is 5.69 Å². The topological polar surface area (TPSA) is 79.7 Å². The molecule has 0 unspecified atom stereocenters. The third-order valence-corrected chi connectivity index (χ3v) is 2.49. The van der Waals surface area contributed by atoms with Gasteiger partial charge in [-0.3, -0.25) is 0 Å². The van der Waals surface area contributed by atoms with E-state index in [1.54, 1.807) is 0 Å². The van der Waals surface area contributed by atoms with Crippen molar-refractivity contribution in [3.63, 3.8) is 0 Å². The van der Waals surface area contributed by atoms with Gasteiger partial charge in [-0.15, -0.1) is 6.42 Å². The molecule has 144 valence electrons. The minimum Gasteiger partial charge on any atom is -0.399 e. The van der Waals surface area contributed by atoms with Crippen LogP contribution in [0.25, 0.3) is 0 Å². The van der Waals surface area contributed by atoms with Gasteiger partial charge in [-0.25, -0.2) is 0 Å². The molecule has 0 bridgehead atoms. The molecular formula is C20H36N2O3. The standard InChI is InChI=1S/C10H15NO.C6H10O.C4H11NO/c1-8(2)12-7-9-3-5-10(11)6-4-9;1-4-5-7-6(2)3;1-4(2)6-3-5/h3-6,8H,7,11H2,1-2H3;1,6H,5H2,2-3H3;4H,3,5H2,1-2H3. The molecule has 5 heteroatoms. The summed E-state index contributed by atoms with van der Waals surface area (Å²) in [5.74, 6) is 2.38. The summed E-state index contributed by atoms with van der Waals surface area (Å²) in [7, 11) is 0. The first-order valence-electron chi connectivity index (χ1n) is 8.55. The Hall–Kier alpha value is -1.58. The number of hydrogen-bond acceptors (Lipinski definition) is 5. The van der Waals surface area contributed by atoms with Crippen molar-refractivity contribution in [2.24, 2.45) is 5.73 Å². The average Bonchev–Trinajstić information content (AvgIpc) is 2.53. The predicted octanol–water partition coefficient (Wildman–Crippen LogP) is 3.57. The summed E-state index contributed by atoms with van der Waals surface area (Å²) in [5.41, 5.74) is 12.5. The lowest BCUT2D eigenvalue weighted by atomic mass is 10.2. The van der Waals surface area contributed by atoms with Gasteiger partial charge in [0.2, 0.25) is 0 Å². The molecular weight excluding hydrogens is 316 g/mol. The summed E-state index contributed by atoms with van der Waals surface area (Å²) in [6.07, 6.45) is 5.72. The van der Waals surface area contributed by atoms with Gasteiger partial charge >= 0.3 is 0 Å². The number of hydrogen-bond donors (Lipinski definition) is 2. The highest BCUT2D eigenvalue weighted by Gasteiger charge is 1.95. The van der Waals surface area contributed by atoms with Gasteiger partial charge in [-0.1, -0.05) is 18.1 Å². The lowest BCUT2D eigenvalue weighted by Gasteiger charge is -2.07. The molecule has 0 amide bonds. The van der Waals surface area contributed by atoms with E-state index in [2.05, 4.69) is 5.92 Å². The SMILES string of the molecule is C#CCOC(C)C.CC(C)OCN.CC(C)OCc1ccc(N)cc1. The molecule has 5 nitrogen and oxygen atoms in total. The van der Waals surface area contributed by atoms with Crippen molar-refractivity contribution < 1.29 is 14.2 Å². The molecule has 0 aliphatic rings. The van der Waals surface area contributed by atoms with Crippen LogP contribution in [-0.2, 0) is 20.8 Å². The molecule has 1 aromatic carbocycles. The van der Waals surface area contributed by atoms with E-state index in [9.17, 15) is 0 Å². The molecule has 0 fully saturated rings. The zero-order chi connectivity index (χ0) is 19.7. The highest BCUT2D eigenvalue weighted by atomic mass is 16.5. The molecule has 0 saturated heterocycles. The lowest BCUT2D eigenvalue weighted by molar-refractivity contribution is 0.0657. The van der Waals surface area contributed by atoms with E-state index in [4.69, 9.17) is 32.1 Å². The van der Waals surface area contributed by atoms with E-state index in [-0.39, 0.29) is 18.3 Å². The third-order valence-electron chi connectivity index (χ3n) is 2.49. The molecule has 0 aromatic heterocycles. The number of benzene rings is 1. The van der Waals surface area contributed by atoms with E-state index in [0.29, 0.717) is 19.9 Å². The maximum absolute atomic E-state index is 5.54. The Morgan fingerprint density at radius 2 is 1.36 bits per heavy atom. The van der Waals surface area contributed by atoms with Gasteiger partial charge in [0.25, 0.3) is 0 Å². The summed E-state index contributed by atoms with van der Waals surface area (Å²) in [6.45, 7) is 13.3. The van der Waals surface area contributed by atoms with Crippen molar-refractivity contribution in [3.05, 3.63) is 29.8 Å². The summed E-state index contributed by atoms with van der Waals surface area (Å²) in [6, 6.07) is 7.74. The van der Waals surface area contributed by atoms with Crippen molar-refractivity contribution in [2.75, 3.05) is 19.1 Å². The number of rotatable bonds is 7. The highest BCUT2D eigenvalue weighted by Crippen LogP contribution is 2.07. The first-order valence-corrected chi connectivity index (χ1v) is 8.55. The van der Waals surface area contributed by atoms with Crippen molar-refractivity contribution >= 4 is 5.69 Å². The molecule has 0 spiro atoms. The maximum Gasteiger partial charge on any atom is 0.107 e.